The van der Waals surface area contributed by atoms with Crippen molar-refractivity contribution in [3.63, 3.8) is 0 Å². The summed E-state index contributed by atoms with van der Waals surface area (Å²) in [5.41, 5.74) is 1.34. The third-order valence-corrected chi connectivity index (χ3v) is 2.08. The van der Waals surface area contributed by atoms with E-state index in [1.807, 2.05) is 30.6 Å². The van der Waals surface area contributed by atoms with Gasteiger partial charge in [-0.15, -0.1) is 0 Å². The zero-order valence-corrected chi connectivity index (χ0v) is 8.00. The van der Waals surface area contributed by atoms with E-state index in [-0.39, 0.29) is 0 Å². The molecule has 0 N–H and O–H groups in total. The standard InChI is InChI=1S/C12H9N2O/c15-9-10(11-5-1-3-7-13-11)12-6-2-4-8-14-12/h1-8,10H. The molecular weight excluding hydrogens is 188 g/mol. The van der Waals surface area contributed by atoms with E-state index in [1.54, 1.807) is 24.5 Å². The zero-order valence-electron chi connectivity index (χ0n) is 8.00. The molecule has 2 rings (SSSR count). The first kappa shape index (κ1) is 9.52. The number of hydrogen-bond donors (Lipinski definition) is 0. The Kier molecular flexibility index (Phi) is 2.83. The molecule has 2 aromatic heterocycles. The average molecular weight is 197 g/mol. The lowest BCUT2D eigenvalue weighted by Gasteiger charge is -2.07. The zero-order chi connectivity index (χ0) is 10.5. The maximum Gasteiger partial charge on any atom is 0.214 e. The van der Waals surface area contributed by atoms with Gasteiger partial charge >= 0.3 is 0 Å². The summed E-state index contributed by atoms with van der Waals surface area (Å²) in [6.07, 6.45) is 5.27. The molecule has 2 heterocycles. The summed E-state index contributed by atoms with van der Waals surface area (Å²) in [4.78, 5) is 19.1. The summed E-state index contributed by atoms with van der Waals surface area (Å²) in [7, 11) is 0. The fraction of sp³-hybridized carbons (Fsp3) is 0.0833. The topological polar surface area (TPSA) is 42.9 Å². The second-order valence-electron chi connectivity index (χ2n) is 3.06. The van der Waals surface area contributed by atoms with Crippen molar-refractivity contribution in [1.82, 2.24) is 9.97 Å². The van der Waals surface area contributed by atoms with E-state index < -0.39 is 5.92 Å². The lowest BCUT2D eigenvalue weighted by atomic mass is 10.0. The molecule has 0 saturated carbocycles. The molecule has 0 atom stereocenters. The van der Waals surface area contributed by atoms with Gasteiger partial charge in [-0.25, -0.2) is 0 Å². The number of hydrogen-bond acceptors (Lipinski definition) is 3. The Hall–Kier alpha value is -2.03. The monoisotopic (exact) mass is 197 g/mol. The molecule has 0 aromatic carbocycles. The summed E-state index contributed by atoms with van der Waals surface area (Å²) in [5, 5.41) is 0. The molecule has 0 saturated heterocycles. The van der Waals surface area contributed by atoms with Crippen LogP contribution >= 0.6 is 0 Å². The van der Waals surface area contributed by atoms with Crippen LogP contribution in [0.25, 0.3) is 0 Å². The van der Waals surface area contributed by atoms with Gasteiger partial charge in [0.2, 0.25) is 6.29 Å². The van der Waals surface area contributed by atoms with Crippen LogP contribution in [-0.4, -0.2) is 16.3 Å². The van der Waals surface area contributed by atoms with Crippen LogP contribution in [0.2, 0.25) is 0 Å². The number of nitrogens with zero attached hydrogens (tertiary/aromatic N) is 2. The van der Waals surface area contributed by atoms with Crippen molar-refractivity contribution in [3.8, 4) is 0 Å². The maximum absolute atomic E-state index is 10.9. The molecule has 0 aliphatic rings. The van der Waals surface area contributed by atoms with Gasteiger partial charge in [-0.1, -0.05) is 12.1 Å². The first-order valence-electron chi connectivity index (χ1n) is 4.61. The fourth-order valence-corrected chi connectivity index (χ4v) is 1.37. The molecule has 73 valence electrons. The first-order valence-corrected chi connectivity index (χ1v) is 4.61. The molecule has 3 heteroatoms. The molecule has 0 bridgehead atoms. The normalized spacial score (nSPS) is 10.2. The average Bonchev–Trinajstić information content (AvgIpc) is 2.33. The lowest BCUT2D eigenvalue weighted by molar-refractivity contribution is 0.547. The second-order valence-corrected chi connectivity index (χ2v) is 3.06. The Morgan fingerprint density at radius 3 is 1.80 bits per heavy atom. The van der Waals surface area contributed by atoms with Gasteiger partial charge in [0.25, 0.3) is 0 Å². The Morgan fingerprint density at radius 1 is 0.933 bits per heavy atom. The molecule has 15 heavy (non-hydrogen) atoms. The highest BCUT2D eigenvalue weighted by Crippen LogP contribution is 2.17. The lowest BCUT2D eigenvalue weighted by Crippen LogP contribution is -2.05. The molecule has 3 nitrogen and oxygen atoms in total. The van der Waals surface area contributed by atoms with E-state index in [9.17, 15) is 4.79 Å². The van der Waals surface area contributed by atoms with Gasteiger partial charge < -0.3 is 0 Å². The van der Waals surface area contributed by atoms with Gasteiger partial charge in [-0.3, -0.25) is 14.8 Å². The number of aromatic nitrogens is 2. The predicted octanol–water partition coefficient (Wildman–Crippen LogP) is 1.72. The summed E-state index contributed by atoms with van der Waals surface area (Å²) in [6.45, 7) is 0. The van der Waals surface area contributed by atoms with Crippen LogP contribution in [0.4, 0.5) is 0 Å². The molecular formula is C12H9N2O. The highest BCUT2D eigenvalue weighted by molar-refractivity contribution is 5.66. The molecule has 0 aliphatic carbocycles. The van der Waals surface area contributed by atoms with Crippen molar-refractivity contribution in [3.05, 3.63) is 60.2 Å². The van der Waals surface area contributed by atoms with Gasteiger partial charge in [-0.2, -0.15) is 0 Å². The molecule has 0 aliphatic heterocycles. The third kappa shape index (κ3) is 2.07. The minimum absolute atomic E-state index is 0.493. The quantitative estimate of drug-likeness (QED) is 0.752. The van der Waals surface area contributed by atoms with Crippen molar-refractivity contribution in [2.24, 2.45) is 0 Å². The molecule has 0 amide bonds. The van der Waals surface area contributed by atoms with Crippen LogP contribution in [0, 0.1) is 0 Å². The largest absolute Gasteiger partial charge is 0.290 e. The smallest absolute Gasteiger partial charge is 0.214 e. The molecule has 2 aromatic rings. The minimum atomic E-state index is -0.493. The molecule has 0 fully saturated rings. The van der Waals surface area contributed by atoms with Gasteiger partial charge in [0.1, 0.15) is 5.92 Å². The summed E-state index contributed by atoms with van der Waals surface area (Å²) < 4.78 is 0. The Bertz CT molecular complexity index is 388. The van der Waals surface area contributed by atoms with E-state index in [1.165, 1.54) is 0 Å². The van der Waals surface area contributed by atoms with E-state index in [4.69, 9.17) is 0 Å². The van der Waals surface area contributed by atoms with E-state index in [0.717, 1.165) is 0 Å². The number of pyridine rings is 2. The van der Waals surface area contributed by atoms with Crippen molar-refractivity contribution in [1.29, 1.82) is 0 Å². The van der Waals surface area contributed by atoms with Crippen LogP contribution in [-0.2, 0) is 4.79 Å². The predicted molar refractivity (Wildman–Crippen MR) is 56.0 cm³/mol. The SMILES string of the molecule is O=[C]C(c1ccccn1)c1ccccn1. The maximum atomic E-state index is 10.9. The van der Waals surface area contributed by atoms with Crippen molar-refractivity contribution < 1.29 is 4.79 Å². The van der Waals surface area contributed by atoms with Gasteiger partial charge in [0.05, 0.1) is 11.4 Å². The Labute approximate surface area is 87.8 Å². The Balaban J connectivity index is 2.38. The van der Waals surface area contributed by atoms with Crippen LogP contribution < -0.4 is 0 Å². The van der Waals surface area contributed by atoms with Gasteiger partial charge in [0, 0.05) is 12.4 Å². The number of carbonyl (C=O) groups excluding carboxylic acids is 1. The molecule has 0 unspecified atom stereocenters. The van der Waals surface area contributed by atoms with Crippen LogP contribution in [0.1, 0.15) is 17.3 Å². The first-order chi connectivity index (χ1) is 7.42. The van der Waals surface area contributed by atoms with Crippen molar-refractivity contribution in [2.75, 3.05) is 0 Å². The van der Waals surface area contributed by atoms with E-state index >= 15 is 0 Å². The van der Waals surface area contributed by atoms with Crippen LogP contribution in [0.15, 0.2) is 48.8 Å². The highest BCUT2D eigenvalue weighted by Gasteiger charge is 2.15. The highest BCUT2D eigenvalue weighted by atomic mass is 16.1. The van der Waals surface area contributed by atoms with Crippen molar-refractivity contribution >= 4 is 6.29 Å². The minimum Gasteiger partial charge on any atom is -0.290 e. The third-order valence-electron chi connectivity index (χ3n) is 2.08. The Morgan fingerprint density at radius 2 is 1.47 bits per heavy atom. The van der Waals surface area contributed by atoms with E-state index in [2.05, 4.69) is 9.97 Å². The summed E-state index contributed by atoms with van der Waals surface area (Å²) in [6, 6.07) is 10.9. The molecule has 1 radical (unpaired) electrons. The second kappa shape index (κ2) is 4.46. The fourth-order valence-electron chi connectivity index (χ4n) is 1.37. The van der Waals surface area contributed by atoms with Gasteiger partial charge in [0.15, 0.2) is 0 Å². The number of rotatable bonds is 3. The molecule has 0 spiro atoms. The van der Waals surface area contributed by atoms with Crippen LogP contribution in [0.5, 0.6) is 0 Å². The summed E-state index contributed by atoms with van der Waals surface area (Å²) >= 11 is 0. The van der Waals surface area contributed by atoms with Crippen molar-refractivity contribution in [2.45, 2.75) is 5.92 Å². The summed E-state index contributed by atoms with van der Waals surface area (Å²) in [5.74, 6) is -0.493. The van der Waals surface area contributed by atoms with Gasteiger partial charge in [-0.05, 0) is 24.3 Å². The van der Waals surface area contributed by atoms with Crippen LogP contribution in [0.3, 0.4) is 0 Å². The van der Waals surface area contributed by atoms with E-state index in [0.29, 0.717) is 11.4 Å².